The zero-order chi connectivity index (χ0) is 30.9. The first-order valence-electron chi connectivity index (χ1n) is 15.9. The molecule has 7 rings (SSSR count). The van der Waals surface area contributed by atoms with Crippen molar-refractivity contribution in [3.05, 3.63) is 82.1 Å². The third kappa shape index (κ3) is 6.09. The summed E-state index contributed by atoms with van der Waals surface area (Å²) in [6, 6.07) is 18.0. The first-order chi connectivity index (χ1) is 22.0. The van der Waals surface area contributed by atoms with Gasteiger partial charge in [-0.3, -0.25) is 4.90 Å². The number of esters is 1. The first kappa shape index (κ1) is 29.9. The van der Waals surface area contributed by atoms with Gasteiger partial charge in [0, 0.05) is 23.2 Å². The van der Waals surface area contributed by atoms with Crippen LogP contribution in [0.25, 0.3) is 11.0 Å². The van der Waals surface area contributed by atoms with E-state index < -0.39 is 0 Å². The van der Waals surface area contributed by atoms with Crippen molar-refractivity contribution in [2.45, 2.75) is 57.3 Å². The fourth-order valence-electron chi connectivity index (χ4n) is 6.67. The van der Waals surface area contributed by atoms with E-state index in [0.717, 1.165) is 85.9 Å². The number of ether oxygens (including phenoxy) is 4. The third-order valence-corrected chi connectivity index (χ3v) is 9.50. The van der Waals surface area contributed by atoms with Gasteiger partial charge in [-0.15, -0.1) is 0 Å². The summed E-state index contributed by atoms with van der Waals surface area (Å²) in [5.74, 6) is 3.28. The molecule has 0 bridgehead atoms. The van der Waals surface area contributed by atoms with Crippen molar-refractivity contribution in [1.29, 1.82) is 0 Å². The number of hydrogen-bond donors (Lipinski definition) is 1. The Labute approximate surface area is 268 Å². The summed E-state index contributed by atoms with van der Waals surface area (Å²) < 4.78 is 26.0. The summed E-state index contributed by atoms with van der Waals surface area (Å²) in [6.07, 6.45) is 2.99. The molecule has 1 aromatic heterocycles. The van der Waals surface area contributed by atoms with Crippen LogP contribution < -0.4 is 19.5 Å². The lowest BCUT2D eigenvalue weighted by atomic mass is 9.88. The number of aromatic nitrogens is 2. The molecule has 3 aromatic carbocycles. The van der Waals surface area contributed by atoms with Crippen molar-refractivity contribution < 1.29 is 23.7 Å². The Hall–Kier alpha value is -3.79. The number of imidazole rings is 1. The summed E-state index contributed by atoms with van der Waals surface area (Å²) >= 11 is 6.08. The zero-order valence-corrected chi connectivity index (χ0v) is 26.5. The monoisotopic (exact) mass is 630 g/mol. The third-order valence-electron chi connectivity index (χ3n) is 9.25. The number of methoxy groups -OCH3 is 1. The maximum Gasteiger partial charge on any atom is 0.338 e. The van der Waals surface area contributed by atoms with Crippen LogP contribution in [0.1, 0.15) is 65.5 Å². The van der Waals surface area contributed by atoms with E-state index >= 15 is 0 Å². The SMILES string of the molecule is CCOC(=O)c1cc(OC)c2nc(CN3CCC(c4cccc5c4OC[C@@H](c4ccc(Cl)cc4)O5)CC3)n(C[C@@H]3CCN3)c2c1. The lowest BCUT2D eigenvalue weighted by Gasteiger charge is -2.35. The van der Waals surface area contributed by atoms with Gasteiger partial charge in [-0.2, -0.15) is 0 Å². The van der Waals surface area contributed by atoms with Gasteiger partial charge in [0.15, 0.2) is 17.6 Å². The van der Waals surface area contributed by atoms with Crippen LogP contribution in [0.15, 0.2) is 54.6 Å². The Kier molecular flexibility index (Phi) is 8.57. The molecular weight excluding hydrogens is 592 g/mol. The second kappa shape index (κ2) is 12.9. The largest absolute Gasteiger partial charge is 0.494 e. The molecule has 3 aliphatic rings. The topological polar surface area (TPSA) is 87.1 Å². The van der Waals surface area contributed by atoms with Crippen molar-refractivity contribution in [2.75, 3.05) is 40.0 Å². The van der Waals surface area contributed by atoms with E-state index in [1.165, 1.54) is 5.56 Å². The molecule has 0 amide bonds. The quantitative estimate of drug-likeness (QED) is 0.221. The molecule has 0 spiro atoms. The Morgan fingerprint density at radius 1 is 1.11 bits per heavy atom. The average Bonchev–Trinajstić information content (AvgIpc) is 3.39. The van der Waals surface area contributed by atoms with Gasteiger partial charge in [0.1, 0.15) is 23.7 Å². The van der Waals surface area contributed by atoms with Crippen molar-refractivity contribution in [1.82, 2.24) is 19.8 Å². The summed E-state index contributed by atoms with van der Waals surface area (Å²) in [5, 5.41) is 4.22. The lowest BCUT2D eigenvalue weighted by Crippen LogP contribution is -2.46. The molecule has 2 saturated heterocycles. The minimum absolute atomic E-state index is 0.159. The number of nitrogens with one attached hydrogen (secondary N) is 1. The molecule has 4 heterocycles. The number of rotatable bonds is 9. The number of piperidine rings is 1. The molecule has 236 valence electrons. The highest BCUT2D eigenvalue weighted by atomic mass is 35.5. The van der Waals surface area contributed by atoms with Crippen LogP contribution in [-0.4, -0.2) is 66.4 Å². The second-order valence-corrected chi connectivity index (χ2v) is 12.5. The first-order valence-corrected chi connectivity index (χ1v) is 16.3. The molecule has 1 N–H and O–H groups in total. The number of likely N-dealkylation sites (tertiary alicyclic amines) is 1. The number of fused-ring (bicyclic) bond motifs is 2. The number of nitrogens with zero attached hydrogens (tertiary/aromatic N) is 3. The molecule has 0 saturated carbocycles. The summed E-state index contributed by atoms with van der Waals surface area (Å²) in [6.45, 7) is 7.03. The van der Waals surface area contributed by atoms with Crippen molar-refractivity contribution in [3.63, 3.8) is 0 Å². The number of carbonyl (C=O) groups excluding carboxylic acids is 1. The number of carbonyl (C=O) groups is 1. The summed E-state index contributed by atoms with van der Waals surface area (Å²) in [4.78, 5) is 20.2. The molecule has 9 nitrogen and oxygen atoms in total. The normalized spacial score (nSPS) is 20.2. The van der Waals surface area contributed by atoms with E-state index in [4.69, 9.17) is 35.5 Å². The predicted octanol–water partition coefficient (Wildman–Crippen LogP) is 6.13. The van der Waals surface area contributed by atoms with Gasteiger partial charge in [-0.25, -0.2) is 9.78 Å². The summed E-state index contributed by atoms with van der Waals surface area (Å²) in [7, 11) is 1.62. The van der Waals surface area contributed by atoms with E-state index in [2.05, 4.69) is 26.9 Å². The maximum atomic E-state index is 12.7. The van der Waals surface area contributed by atoms with E-state index in [-0.39, 0.29) is 12.1 Å². The zero-order valence-electron chi connectivity index (χ0n) is 25.8. The van der Waals surface area contributed by atoms with Crippen LogP contribution in [-0.2, 0) is 17.8 Å². The summed E-state index contributed by atoms with van der Waals surface area (Å²) in [5.41, 5.74) is 4.44. The molecule has 3 aliphatic heterocycles. The molecule has 4 aromatic rings. The minimum atomic E-state index is -0.353. The fourth-order valence-corrected chi connectivity index (χ4v) is 6.79. The Morgan fingerprint density at radius 3 is 2.62 bits per heavy atom. The highest BCUT2D eigenvalue weighted by Gasteiger charge is 2.31. The van der Waals surface area contributed by atoms with Crippen LogP contribution in [0, 0.1) is 0 Å². The Balaban J connectivity index is 1.08. The van der Waals surface area contributed by atoms with Gasteiger partial charge in [-0.1, -0.05) is 35.9 Å². The van der Waals surface area contributed by atoms with E-state index in [0.29, 0.717) is 41.5 Å². The van der Waals surface area contributed by atoms with Gasteiger partial charge in [0.05, 0.1) is 31.3 Å². The maximum absolute atomic E-state index is 12.7. The van der Waals surface area contributed by atoms with Crippen LogP contribution in [0.5, 0.6) is 17.2 Å². The van der Waals surface area contributed by atoms with E-state index in [1.54, 1.807) is 13.2 Å². The van der Waals surface area contributed by atoms with E-state index in [9.17, 15) is 4.79 Å². The minimum Gasteiger partial charge on any atom is -0.494 e. The molecule has 2 atom stereocenters. The highest BCUT2D eigenvalue weighted by Crippen LogP contribution is 2.44. The molecule has 2 fully saturated rings. The van der Waals surface area contributed by atoms with Crippen molar-refractivity contribution in [2.24, 2.45) is 0 Å². The number of para-hydroxylation sites is 1. The molecule has 10 heteroatoms. The predicted molar refractivity (Wildman–Crippen MR) is 173 cm³/mol. The van der Waals surface area contributed by atoms with Gasteiger partial charge in [0.25, 0.3) is 0 Å². The van der Waals surface area contributed by atoms with Crippen molar-refractivity contribution >= 4 is 28.6 Å². The molecular formula is C35H39ClN4O5. The number of halogens is 1. The van der Waals surface area contributed by atoms with Gasteiger partial charge < -0.3 is 28.8 Å². The van der Waals surface area contributed by atoms with Crippen molar-refractivity contribution in [3.8, 4) is 17.2 Å². The molecule has 0 unspecified atom stereocenters. The lowest BCUT2D eigenvalue weighted by molar-refractivity contribution is 0.0526. The van der Waals surface area contributed by atoms with Crippen LogP contribution in [0.4, 0.5) is 0 Å². The van der Waals surface area contributed by atoms with Gasteiger partial charge in [0.2, 0.25) is 0 Å². The van der Waals surface area contributed by atoms with E-state index in [1.807, 2.05) is 43.3 Å². The standard InChI is InChI=1S/C35H39ClN4O5/c1-3-43-35(41)24-17-28-33(30(18-24)42-2)38-32(40(28)19-26-11-14-37-26)20-39-15-12-22(13-16-39)27-5-4-6-29-34(27)44-21-31(45-29)23-7-9-25(36)10-8-23/h4-10,17-18,22,26,31,37H,3,11-16,19-21H2,1-2H3/t26-,31-/m0/s1. The molecule has 0 radical (unpaired) electrons. The van der Waals surface area contributed by atoms with Gasteiger partial charge in [-0.05, 0) is 87.6 Å². The number of benzene rings is 3. The Morgan fingerprint density at radius 2 is 1.91 bits per heavy atom. The highest BCUT2D eigenvalue weighted by molar-refractivity contribution is 6.30. The molecule has 45 heavy (non-hydrogen) atoms. The van der Waals surface area contributed by atoms with Crippen LogP contribution >= 0.6 is 11.6 Å². The van der Waals surface area contributed by atoms with Crippen LogP contribution in [0.3, 0.4) is 0 Å². The smallest absolute Gasteiger partial charge is 0.338 e. The fraction of sp³-hybridized carbons (Fsp3) is 0.429. The Bertz CT molecular complexity index is 1680. The second-order valence-electron chi connectivity index (χ2n) is 12.0. The van der Waals surface area contributed by atoms with Crippen LogP contribution in [0.2, 0.25) is 5.02 Å². The molecule has 0 aliphatic carbocycles. The average molecular weight is 631 g/mol. The number of hydrogen-bond acceptors (Lipinski definition) is 8. The van der Waals surface area contributed by atoms with Gasteiger partial charge >= 0.3 is 5.97 Å².